The van der Waals surface area contributed by atoms with E-state index in [-0.39, 0.29) is 6.03 Å². The first-order valence-corrected chi connectivity index (χ1v) is 10.2. The summed E-state index contributed by atoms with van der Waals surface area (Å²) in [6, 6.07) is 22.5. The molecule has 2 aliphatic rings. The van der Waals surface area contributed by atoms with E-state index < -0.39 is 6.04 Å². The molecule has 3 N–H and O–H groups in total. The van der Waals surface area contributed by atoms with Crippen LogP contribution in [0.25, 0.3) is 5.70 Å². The van der Waals surface area contributed by atoms with Gasteiger partial charge in [-0.05, 0) is 23.8 Å². The second-order valence-corrected chi connectivity index (χ2v) is 7.37. The monoisotopic (exact) mass is 426 g/mol. The van der Waals surface area contributed by atoms with Gasteiger partial charge in [-0.2, -0.15) is 0 Å². The quantitative estimate of drug-likeness (QED) is 0.568. The molecule has 160 valence electrons. The summed E-state index contributed by atoms with van der Waals surface area (Å²) in [5.41, 5.74) is 4.98. The lowest BCUT2D eigenvalue weighted by molar-refractivity contribution is 0.241. The first kappa shape index (κ1) is 19.7. The summed E-state index contributed by atoms with van der Waals surface area (Å²) in [5, 5.41) is 9.50. The minimum absolute atomic E-state index is 0.339. The Bertz CT molecular complexity index is 1250. The third kappa shape index (κ3) is 3.33. The number of urea groups is 1. The minimum atomic E-state index is -0.524. The van der Waals surface area contributed by atoms with Gasteiger partial charge in [0.1, 0.15) is 5.84 Å². The van der Waals surface area contributed by atoms with Crippen LogP contribution in [-0.4, -0.2) is 26.1 Å². The van der Waals surface area contributed by atoms with Crippen molar-refractivity contribution in [3.63, 3.8) is 0 Å². The van der Waals surface area contributed by atoms with E-state index in [9.17, 15) is 4.79 Å². The first-order chi connectivity index (χ1) is 15.7. The normalized spacial score (nSPS) is 17.0. The number of carbonyl (C=O) groups excluding carboxylic acids is 1. The van der Waals surface area contributed by atoms with Gasteiger partial charge in [-0.1, -0.05) is 54.6 Å². The van der Waals surface area contributed by atoms with Crippen LogP contribution < -0.4 is 25.4 Å². The van der Waals surface area contributed by atoms with Gasteiger partial charge in [0.2, 0.25) is 0 Å². The molecule has 3 aromatic rings. The second kappa shape index (κ2) is 8.11. The number of amidine groups is 1. The number of fused-ring (bicyclic) bond motifs is 2. The molecular weight excluding hydrogens is 404 g/mol. The molecule has 2 heterocycles. The number of nitrogens with zero attached hydrogens (tertiary/aromatic N) is 1. The lowest BCUT2D eigenvalue weighted by Crippen LogP contribution is -2.50. The number of carbonyl (C=O) groups is 1. The van der Waals surface area contributed by atoms with Gasteiger partial charge in [-0.15, -0.1) is 0 Å². The van der Waals surface area contributed by atoms with E-state index in [1.165, 1.54) is 0 Å². The Labute approximate surface area is 185 Å². The Morgan fingerprint density at radius 1 is 0.844 bits per heavy atom. The zero-order chi connectivity index (χ0) is 22.1. The largest absolute Gasteiger partial charge is 0.493 e. The molecule has 1 atom stereocenters. The number of amides is 2. The molecular formula is C25H22N4O3. The number of anilines is 1. The number of nitrogens with one attached hydrogen (secondary N) is 3. The molecule has 32 heavy (non-hydrogen) atoms. The predicted molar refractivity (Wildman–Crippen MR) is 124 cm³/mol. The number of hydrogen-bond acceptors (Lipinski definition) is 5. The lowest BCUT2D eigenvalue weighted by atomic mass is 9.91. The van der Waals surface area contributed by atoms with Crippen LogP contribution in [-0.2, 0) is 0 Å². The lowest BCUT2D eigenvalue weighted by Gasteiger charge is -2.31. The highest BCUT2D eigenvalue weighted by Crippen LogP contribution is 2.43. The minimum Gasteiger partial charge on any atom is -0.493 e. The Balaban J connectivity index is 1.79. The number of hydrogen-bond donors (Lipinski definition) is 3. The van der Waals surface area contributed by atoms with Crippen molar-refractivity contribution < 1.29 is 14.3 Å². The van der Waals surface area contributed by atoms with Crippen LogP contribution in [0.5, 0.6) is 11.5 Å². The molecule has 7 heteroatoms. The van der Waals surface area contributed by atoms with Gasteiger partial charge in [0.25, 0.3) is 0 Å². The molecule has 2 amide bonds. The molecule has 1 fully saturated rings. The fraction of sp³-hybridized carbons (Fsp3) is 0.120. The maximum atomic E-state index is 12.7. The summed E-state index contributed by atoms with van der Waals surface area (Å²) in [4.78, 5) is 17.5. The van der Waals surface area contributed by atoms with E-state index in [1.807, 2.05) is 72.8 Å². The summed E-state index contributed by atoms with van der Waals surface area (Å²) in [6.45, 7) is 0. The van der Waals surface area contributed by atoms with Gasteiger partial charge in [-0.3, -0.25) is 5.32 Å². The third-order valence-corrected chi connectivity index (χ3v) is 5.52. The van der Waals surface area contributed by atoms with Crippen molar-refractivity contribution in [2.75, 3.05) is 19.5 Å². The number of aliphatic imine (C=N–C) groups is 1. The van der Waals surface area contributed by atoms with Crippen molar-refractivity contribution in [2.24, 2.45) is 4.99 Å². The highest BCUT2D eigenvalue weighted by molar-refractivity contribution is 6.18. The van der Waals surface area contributed by atoms with E-state index in [2.05, 4.69) is 16.0 Å². The molecule has 0 radical (unpaired) electrons. The molecule has 3 aromatic carbocycles. The number of rotatable bonds is 4. The van der Waals surface area contributed by atoms with Gasteiger partial charge < -0.3 is 20.1 Å². The SMILES string of the molecule is COc1cccc([C@@H]2NC(=O)NC3=Nc4ccccc4NC(c4ccccc4)=C32)c1OC. The molecule has 2 aliphatic heterocycles. The van der Waals surface area contributed by atoms with E-state index in [0.717, 1.165) is 33.8 Å². The molecule has 1 saturated heterocycles. The second-order valence-electron chi connectivity index (χ2n) is 7.37. The van der Waals surface area contributed by atoms with Crippen molar-refractivity contribution in [3.05, 3.63) is 89.5 Å². The Hall–Kier alpha value is -4.26. The fourth-order valence-corrected chi connectivity index (χ4v) is 4.11. The maximum absolute atomic E-state index is 12.7. The number of benzene rings is 3. The third-order valence-electron chi connectivity index (χ3n) is 5.52. The van der Waals surface area contributed by atoms with E-state index in [1.54, 1.807) is 14.2 Å². The molecule has 7 nitrogen and oxygen atoms in total. The van der Waals surface area contributed by atoms with Crippen LogP contribution in [0.1, 0.15) is 17.2 Å². The van der Waals surface area contributed by atoms with Crippen molar-refractivity contribution in [3.8, 4) is 11.5 Å². The van der Waals surface area contributed by atoms with Crippen LogP contribution >= 0.6 is 0 Å². The Morgan fingerprint density at radius 3 is 2.41 bits per heavy atom. The number of methoxy groups -OCH3 is 2. The molecule has 0 saturated carbocycles. The van der Waals surface area contributed by atoms with Crippen molar-refractivity contribution in [1.29, 1.82) is 0 Å². The smallest absolute Gasteiger partial charge is 0.321 e. The van der Waals surface area contributed by atoms with Crippen LogP contribution in [0.4, 0.5) is 16.2 Å². The Morgan fingerprint density at radius 2 is 1.62 bits per heavy atom. The van der Waals surface area contributed by atoms with Gasteiger partial charge in [0.15, 0.2) is 11.5 Å². The molecule has 5 rings (SSSR count). The Kier molecular flexibility index (Phi) is 4.99. The number of ether oxygens (including phenoxy) is 2. The summed E-state index contributed by atoms with van der Waals surface area (Å²) >= 11 is 0. The fourth-order valence-electron chi connectivity index (χ4n) is 4.11. The molecule has 0 aliphatic carbocycles. The molecule has 0 bridgehead atoms. The summed E-state index contributed by atoms with van der Waals surface area (Å²) < 4.78 is 11.2. The average molecular weight is 426 g/mol. The van der Waals surface area contributed by atoms with Crippen molar-refractivity contribution >= 4 is 28.9 Å². The van der Waals surface area contributed by atoms with Crippen molar-refractivity contribution in [2.45, 2.75) is 6.04 Å². The van der Waals surface area contributed by atoms with Gasteiger partial charge >= 0.3 is 6.03 Å². The zero-order valence-corrected chi connectivity index (χ0v) is 17.7. The van der Waals surface area contributed by atoms with Crippen LogP contribution in [0, 0.1) is 0 Å². The van der Waals surface area contributed by atoms with Gasteiger partial charge in [0.05, 0.1) is 37.3 Å². The highest BCUT2D eigenvalue weighted by atomic mass is 16.5. The first-order valence-electron chi connectivity index (χ1n) is 10.2. The zero-order valence-electron chi connectivity index (χ0n) is 17.7. The predicted octanol–water partition coefficient (Wildman–Crippen LogP) is 4.62. The van der Waals surface area contributed by atoms with E-state index >= 15 is 0 Å². The molecule has 0 unspecified atom stereocenters. The van der Waals surface area contributed by atoms with E-state index in [0.29, 0.717) is 17.3 Å². The molecule has 0 aromatic heterocycles. The summed E-state index contributed by atoms with van der Waals surface area (Å²) in [6.07, 6.45) is 0. The maximum Gasteiger partial charge on any atom is 0.321 e. The average Bonchev–Trinajstić information content (AvgIpc) is 3.00. The number of para-hydroxylation sites is 3. The summed E-state index contributed by atoms with van der Waals surface area (Å²) in [7, 11) is 3.18. The van der Waals surface area contributed by atoms with E-state index in [4.69, 9.17) is 14.5 Å². The van der Waals surface area contributed by atoms with Crippen LogP contribution in [0.3, 0.4) is 0 Å². The molecule has 0 spiro atoms. The van der Waals surface area contributed by atoms with Gasteiger partial charge in [0, 0.05) is 11.1 Å². The van der Waals surface area contributed by atoms with Crippen molar-refractivity contribution in [1.82, 2.24) is 10.6 Å². The van der Waals surface area contributed by atoms with Crippen LogP contribution in [0.15, 0.2) is 83.4 Å². The summed E-state index contributed by atoms with van der Waals surface area (Å²) in [5.74, 6) is 1.63. The van der Waals surface area contributed by atoms with Gasteiger partial charge in [-0.25, -0.2) is 9.79 Å². The van der Waals surface area contributed by atoms with Crippen LogP contribution in [0.2, 0.25) is 0 Å². The standard InChI is InChI=1S/C25H22N4O3/c1-31-19-14-8-11-16(23(19)32-2)22-20-21(15-9-4-3-5-10-15)26-17-12-6-7-13-18(17)27-24(20)29-25(30)28-22/h3-14,22,26H,1-2H3,(H2,27,28,29,30)/t22-/m0/s1. The topological polar surface area (TPSA) is 84.0 Å². The highest BCUT2D eigenvalue weighted by Gasteiger charge is 2.36.